The van der Waals surface area contributed by atoms with Crippen LogP contribution in [0.15, 0.2) is 12.4 Å². The van der Waals surface area contributed by atoms with E-state index in [2.05, 4.69) is 15.3 Å². The second-order valence-corrected chi connectivity index (χ2v) is 4.67. The van der Waals surface area contributed by atoms with Gasteiger partial charge in [-0.25, -0.2) is 9.78 Å². The molecule has 0 aliphatic heterocycles. The number of thioether (sulfide) groups is 1. The Balaban J connectivity index is 2.66. The summed E-state index contributed by atoms with van der Waals surface area (Å²) >= 11 is 1.53. The highest BCUT2D eigenvalue weighted by Gasteiger charge is 2.20. The number of nitrogens with one attached hydrogen (secondary N) is 1. The molecule has 0 aliphatic rings. The smallest absolute Gasteiger partial charge is 0.326 e. The van der Waals surface area contributed by atoms with Gasteiger partial charge in [-0.05, 0) is 25.4 Å². The molecule has 0 fully saturated rings. The van der Waals surface area contributed by atoms with E-state index in [1.165, 1.54) is 24.2 Å². The molecule has 0 aliphatic carbocycles. The highest BCUT2D eigenvalue weighted by Crippen LogP contribution is 2.02. The third-order valence-corrected chi connectivity index (χ3v) is 2.87. The van der Waals surface area contributed by atoms with Crippen LogP contribution in [-0.2, 0) is 4.79 Å². The van der Waals surface area contributed by atoms with E-state index in [-0.39, 0.29) is 5.69 Å². The fraction of sp³-hybridized carbons (Fsp3) is 0.455. The minimum atomic E-state index is -1.04. The minimum Gasteiger partial charge on any atom is -0.480 e. The monoisotopic (exact) mass is 269 g/mol. The van der Waals surface area contributed by atoms with Gasteiger partial charge in [0.15, 0.2) is 0 Å². The summed E-state index contributed by atoms with van der Waals surface area (Å²) in [6.07, 6.45) is 5.05. The summed E-state index contributed by atoms with van der Waals surface area (Å²) < 4.78 is 0. The van der Waals surface area contributed by atoms with E-state index in [1.807, 2.05) is 6.26 Å². The maximum atomic E-state index is 11.8. The zero-order valence-corrected chi connectivity index (χ0v) is 11.0. The SMILES string of the molecule is CSCC[C@@H](NC(=O)c1cnc(C)cn1)C(=O)O. The number of hydrogen-bond donors (Lipinski definition) is 2. The van der Waals surface area contributed by atoms with Gasteiger partial charge in [0.2, 0.25) is 0 Å². The number of nitrogens with zero attached hydrogens (tertiary/aromatic N) is 2. The first-order valence-electron chi connectivity index (χ1n) is 5.36. The highest BCUT2D eigenvalue weighted by atomic mass is 32.2. The lowest BCUT2D eigenvalue weighted by atomic mass is 10.2. The summed E-state index contributed by atoms with van der Waals surface area (Å²) in [5.74, 6) is -0.898. The number of aromatic nitrogens is 2. The molecule has 2 N–H and O–H groups in total. The molecule has 7 heteroatoms. The molecule has 6 nitrogen and oxygen atoms in total. The standard InChI is InChI=1S/C11H15N3O3S/c1-7-5-13-9(6-12-7)10(15)14-8(11(16)17)3-4-18-2/h5-6,8H,3-4H2,1-2H3,(H,14,15)(H,16,17)/t8-/m1/s1. The molecule has 0 spiro atoms. The Morgan fingerprint density at radius 1 is 1.44 bits per heavy atom. The van der Waals surface area contributed by atoms with Crippen LogP contribution in [0.1, 0.15) is 22.6 Å². The summed E-state index contributed by atoms with van der Waals surface area (Å²) in [5.41, 5.74) is 0.819. The predicted octanol–water partition coefficient (Wildman–Crippen LogP) is 0.721. The van der Waals surface area contributed by atoms with Gasteiger partial charge in [-0.2, -0.15) is 11.8 Å². The zero-order valence-electron chi connectivity index (χ0n) is 10.2. The maximum absolute atomic E-state index is 11.8. The number of aliphatic carboxylic acids is 1. The van der Waals surface area contributed by atoms with Gasteiger partial charge in [0.05, 0.1) is 11.9 Å². The predicted molar refractivity (Wildman–Crippen MR) is 68.7 cm³/mol. The summed E-state index contributed by atoms with van der Waals surface area (Å²) in [5, 5.41) is 11.4. The first-order chi connectivity index (χ1) is 8.54. The van der Waals surface area contributed by atoms with E-state index >= 15 is 0 Å². The van der Waals surface area contributed by atoms with Crippen molar-refractivity contribution in [2.24, 2.45) is 0 Å². The lowest BCUT2D eigenvalue weighted by Gasteiger charge is -2.13. The quantitative estimate of drug-likeness (QED) is 0.790. The van der Waals surface area contributed by atoms with E-state index in [0.29, 0.717) is 17.9 Å². The molecule has 0 saturated carbocycles. The largest absolute Gasteiger partial charge is 0.480 e. The van der Waals surface area contributed by atoms with E-state index in [0.717, 1.165) is 0 Å². The second-order valence-electron chi connectivity index (χ2n) is 3.69. The van der Waals surface area contributed by atoms with Gasteiger partial charge in [-0.3, -0.25) is 9.78 Å². The molecular weight excluding hydrogens is 254 g/mol. The summed E-state index contributed by atoms with van der Waals surface area (Å²) in [6.45, 7) is 1.76. The van der Waals surface area contributed by atoms with Crippen LogP contribution in [0.4, 0.5) is 0 Å². The molecule has 0 unspecified atom stereocenters. The number of rotatable bonds is 6. The van der Waals surface area contributed by atoms with E-state index in [1.54, 1.807) is 6.92 Å². The van der Waals surface area contributed by atoms with Crippen molar-refractivity contribution in [2.75, 3.05) is 12.0 Å². The summed E-state index contributed by atoms with van der Waals surface area (Å²) in [4.78, 5) is 30.6. The van der Waals surface area contributed by atoms with Crippen LogP contribution in [0, 0.1) is 6.92 Å². The lowest BCUT2D eigenvalue weighted by Crippen LogP contribution is -2.41. The Bertz CT molecular complexity index is 422. The molecule has 0 aromatic carbocycles. The van der Waals surface area contributed by atoms with Crippen molar-refractivity contribution < 1.29 is 14.7 Å². The molecule has 0 bridgehead atoms. The Hall–Kier alpha value is -1.63. The van der Waals surface area contributed by atoms with Crippen LogP contribution in [-0.4, -0.2) is 45.0 Å². The number of carbonyl (C=O) groups is 2. The molecule has 1 rings (SSSR count). The van der Waals surface area contributed by atoms with Crippen molar-refractivity contribution in [2.45, 2.75) is 19.4 Å². The first kappa shape index (κ1) is 14.4. The number of hydrogen-bond acceptors (Lipinski definition) is 5. The summed E-state index contributed by atoms with van der Waals surface area (Å²) in [7, 11) is 0. The van der Waals surface area contributed by atoms with Gasteiger partial charge >= 0.3 is 5.97 Å². The number of carbonyl (C=O) groups excluding carboxylic acids is 1. The van der Waals surface area contributed by atoms with Gasteiger partial charge in [0.1, 0.15) is 11.7 Å². The van der Waals surface area contributed by atoms with Gasteiger partial charge in [-0.15, -0.1) is 0 Å². The molecule has 1 amide bonds. The molecule has 18 heavy (non-hydrogen) atoms. The average molecular weight is 269 g/mol. The number of aryl methyl sites for hydroxylation is 1. The number of carboxylic acids is 1. The van der Waals surface area contributed by atoms with Crippen LogP contribution < -0.4 is 5.32 Å². The molecule has 0 radical (unpaired) electrons. The van der Waals surface area contributed by atoms with Crippen LogP contribution in [0.2, 0.25) is 0 Å². The zero-order chi connectivity index (χ0) is 13.5. The first-order valence-corrected chi connectivity index (χ1v) is 6.75. The molecule has 1 aromatic heterocycles. The number of carboxylic acid groups (broad SMARTS) is 1. The molecule has 0 saturated heterocycles. The maximum Gasteiger partial charge on any atom is 0.326 e. The van der Waals surface area contributed by atoms with Gasteiger partial charge in [0.25, 0.3) is 5.91 Å². The van der Waals surface area contributed by atoms with Crippen molar-refractivity contribution in [3.8, 4) is 0 Å². The fourth-order valence-electron chi connectivity index (χ4n) is 1.24. The Labute approximate surface area is 109 Å². The second kappa shape index (κ2) is 6.95. The van der Waals surface area contributed by atoms with Crippen molar-refractivity contribution in [1.29, 1.82) is 0 Å². The minimum absolute atomic E-state index is 0.121. The Morgan fingerprint density at radius 3 is 2.67 bits per heavy atom. The van der Waals surface area contributed by atoms with E-state index in [4.69, 9.17) is 5.11 Å². The lowest BCUT2D eigenvalue weighted by molar-refractivity contribution is -0.139. The average Bonchev–Trinajstić information content (AvgIpc) is 2.34. The normalized spacial score (nSPS) is 11.9. The summed E-state index contributed by atoms with van der Waals surface area (Å²) in [6, 6.07) is -0.895. The van der Waals surface area contributed by atoms with E-state index < -0.39 is 17.9 Å². The number of amides is 1. The molecule has 1 atom stereocenters. The highest BCUT2D eigenvalue weighted by molar-refractivity contribution is 7.98. The molecule has 98 valence electrons. The van der Waals surface area contributed by atoms with Crippen LogP contribution in [0.5, 0.6) is 0 Å². The molecular formula is C11H15N3O3S. The van der Waals surface area contributed by atoms with Crippen molar-refractivity contribution in [1.82, 2.24) is 15.3 Å². The van der Waals surface area contributed by atoms with Crippen LogP contribution in [0.3, 0.4) is 0 Å². The van der Waals surface area contributed by atoms with E-state index in [9.17, 15) is 9.59 Å². The van der Waals surface area contributed by atoms with Crippen molar-refractivity contribution in [3.63, 3.8) is 0 Å². The van der Waals surface area contributed by atoms with Gasteiger partial charge in [-0.1, -0.05) is 0 Å². The van der Waals surface area contributed by atoms with Gasteiger partial charge in [0, 0.05) is 6.20 Å². The molecule has 1 heterocycles. The third-order valence-electron chi connectivity index (χ3n) is 2.23. The van der Waals surface area contributed by atoms with Crippen LogP contribution >= 0.6 is 11.8 Å². The Morgan fingerprint density at radius 2 is 2.17 bits per heavy atom. The fourth-order valence-corrected chi connectivity index (χ4v) is 1.71. The topological polar surface area (TPSA) is 92.2 Å². The van der Waals surface area contributed by atoms with Crippen molar-refractivity contribution >= 4 is 23.6 Å². The Kier molecular flexibility index (Phi) is 5.57. The van der Waals surface area contributed by atoms with Gasteiger partial charge < -0.3 is 10.4 Å². The third kappa shape index (κ3) is 4.33. The molecule has 1 aromatic rings. The van der Waals surface area contributed by atoms with Crippen LogP contribution in [0.25, 0.3) is 0 Å². The van der Waals surface area contributed by atoms with Crippen molar-refractivity contribution in [3.05, 3.63) is 23.8 Å².